The normalized spacial score (nSPS) is 46.8. The van der Waals surface area contributed by atoms with Crippen LogP contribution >= 0.6 is 0 Å². The van der Waals surface area contributed by atoms with Crippen LogP contribution in [0.15, 0.2) is 77.0 Å². The Hall–Kier alpha value is -6.29. The molecule has 23 atom stereocenters. The Kier molecular flexibility index (Phi) is 15.2. The number of cyclic esters (lactones) is 1. The number of hydrogen-bond acceptors (Lipinski definition) is 19. The summed E-state index contributed by atoms with van der Waals surface area (Å²) in [6.07, 6.45) is 22.1. The summed E-state index contributed by atoms with van der Waals surface area (Å²) in [4.78, 5) is 68.3. The molecule has 8 heterocycles. The number of nitriles is 1. The highest BCUT2D eigenvalue weighted by Crippen LogP contribution is 2.60. The zero-order valence-electron chi connectivity index (χ0n) is 44.6. The monoisotopic (exact) mass is 1100 g/mol. The Morgan fingerprint density at radius 2 is 1.10 bits per heavy atom. The zero-order valence-corrected chi connectivity index (χ0v) is 44.6. The third-order valence-electron chi connectivity index (χ3n) is 20.1. The summed E-state index contributed by atoms with van der Waals surface area (Å²) in [6.45, 7) is 21.6. The van der Waals surface area contributed by atoms with Gasteiger partial charge in [-0.25, -0.2) is 4.79 Å². The molecule has 18 aliphatic rings. The molecule has 8 aliphatic heterocycles. The van der Waals surface area contributed by atoms with Gasteiger partial charge in [-0.05, 0) is 88.9 Å². The van der Waals surface area contributed by atoms with E-state index in [1.165, 1.54) is 31.3 Å². The molecule has 0 aromatic heterocycles. The second-order valence-corrected chi connectivity index (χ2v) is 24.4. The molecule has 10 aliphatic carbocycles. The molecule has 79 heavy (non-hydrogen) atoms. The van der Waals surface area contributed by atoms with E-state index in [0.29, 0.717) is 48.4 Å². The predicted molar refractivity (Wildman–Crippen MR) is 273 cm³/mol. The molecule has 0 amide bonds. The van der Waals surface area contributed by atoms with E-state index in [2.05, 4.69) is 50.3 Å². The van der Waals surface area contributed by atoms with E-state index in [1.807, 2.05) is 0 Å². The van der Waals surface area contributed by atoms with Crippen molar-refractivity contribution in [2.75, 3.05) is 6.61 Å². The Labute approximate surface area is 460 Å². The molecular formula is C60H73NO18. The summed E-state index contributed by atoms with van der Waals surface area (Å²) < 4.78 is 63.6. The van der Waals surface area contributed by atoms with Gasteiger partial charge < -0.3 is 56.8 Å². The maximum Gasteiger partial charge on any atom is 0.347 e. The maximum atomic E-state index is 11.8. The number of rotatable bonds is 12. The van der Waals surface area contributed by atoms with E-state index in [1.54, 1.807) is 6.26 Å². The fourth-order valence-corrected chi connectivity index (χ4v) is 17.6. The standard InChI is InChI=1S/C12H16O3.C12H16O2.C11H11NO3.C10H12O3.C9H10O4.C6H8O3/c1-2-14-12-5-8-3-9(6-12)11(13)15-10(4-8)7-12;1-2-14-12-5-8-3-9(6-12)11(13)10(4-8)7-12;1-2-14-9-5-3-6-8(7(5)4-12)11(13)15-10(6)9;1-2-12-8-5-3-6-7(4-5)10(11)13-9(6)8;1-2-11-7-5-3-4-6(12-5)8(7)13-9(4)10;1-2-8-5-3-4-9-6(5)7/h2,8-10H,1,3-7H2;2,8-10H,1,3-7H2;2,5-10H,1,3H2;2,5-9H,1,3-4H2;2,4-8H,1,3H2;2,5H,1,3-4H2. The fraction of sp³-hybridized carbons (Fsp3) is 0.683. The Bertz CT molecular complexity index is 2450. The van der Waals surface area contributed by atoms with Crippen molar-refractivity contribution in [1.29, 1.82) is 5.26 Å². The number of esters is 5. The summed E-state index contributed by atoms with van der Waals surface area (Å²) in [5.74, 6) is 2.90. The van der Waals surface area contributed by atoms with E-state index in [0.717, 1.165) is 95.8 Å². The van der Waals surface area contributed by atoms with Crippen LogP contribution in [0.25, 0.3) is 0 Å². The molecule has 0 aromatic rings. The van der Waals surface area contributed by atoms with Crippen LogP contribution in [0.4, 0.5) is 0 Å². The zero-order chi connectivity index (χ0) is 55.5. The average molecular weight is 1100 g/mol. The molecule has 18 fully saturated rings. The molecule has 23 unspecified atom stereocenters. The third-order valence-corrected chi connectivity index (χ3v) is 20.1. The van der Waals surface area contributed by atoms with Crippen LogP contribution in [0.1, 0.15) is 96.3 Å². The van der Waals surface area contributed by atoms with Crippen LogP contribution in [0.3, 0.4) is 0 Å². The molecule has 19 nitrogen and oxygen atoms in total. The minimum absolute atomic E-state index is 0.00302. The number of fused-ring (bicyclic) bond motifs is 4. The van der Waals surface area contributed by atoms with Gasteiger partial charge in [-0.1, -0.05) is 39.5 Å². The van der Waals surface area contributed by atoms with Crippen LogP contribution in [0.5, 0.6) is 0 Å². The number of carbonyl (C=O) groups excluding carboxylic acids is 6. The van der Waals surface area contributed by atoms with Crippen molar-refractivity contribution >= 4 is 35.6 Å². The first-order valence-corrected chi connectivity index (χ1v) is 28.4. The van der Waals surface area contributed by atoms with Gasteiger partial charge in [0, 0.05) is 54.8 Å². The number of hydrogen-bond donors (Lipinski definition) is 0. The van der Waals surface area contributed by atoms with Gasteiger partial charge >= 0.3 is 29.8 Å². The Morgan fingerprint density at radius 1 is 0.506 bits per heavy atom. The van der Waals surface area contributed by atoms with Crippen molar-refractivity contribution in [3.63, 3.8) is 0 Å². The molecule has 0 radical (unpaired) electrons. The van der Waals surface area contributed by atoms with E-state index < -0.39 is 6.10 Å². The maximum absolute atomic E-state index is 11.8. The highest BCUT2D eigenvalue weighted by molar-refractivity contribution is 5.86. The molecule has 10 saturated carbocycles. The van der Waals surface area contributed by atoms with Gasteiger partial charge in [-0.3, -0.25) is 24.0 Å². The second-order valence-electron chi connectivity index (χ2n) is 24.4. The average Bonchev–Trinajstić information content (AvgIpc) is 4.53. The highest BCUT2D eigenvalue weighted by atomic mass is 16.6. The number of Topliss-reactive ketones (excluding diaryl/α,β-unsaturated/α-hetero) is 1. The predicted octanol–water partition coefficient (Wildman–Crippen LogP) is 6.95. The van der Waals surface area contributed by atoms with Gasteiger partial charge in [0.15, 0.2) is 18.3 Å². The minimum atomic E-state index is -0.400. The lowest BCUT2D eigenvalue weighted by atomic mass is 9.53. The summed E-state index contributed by atoms with van der Waals surface area (Å²) in [5.41, 5.74) is -0.156. The van der Waals surface area contributed by atoms with Gasteiger partial charge in [0.05, 0.1) is 85.9 Å². The first-order chi connectivity index (χ1) is 38.2. The number of carbonyl (C=O) groups is 6. The van der Waals surface area contributed by atoms with Crippen molar-refractivity contribution < 1.29 is 85.6 Å². The largest absolute Gasteiger partial charge is 0.495 e. The third kappa shape index (κ3) is 9.89. The summed E-state index contributed by atoms with van der Waals surface area (Å²) in [5, 5.41) is 9.07. The molecule has 0 N–H and O–H groups in total. The SMILES string of the molecule is C=COC12CC3CC(C1)C(=O)C(C3)C2.C=COC12CC3CC(C1)OC(=O)C(C3)C2.C=COC1C2CC3C(=O)OC1C3C2.C=COC1C2CC3C(=O)OC1C3O2.C=COC1C2CC3C1OC(=O)C3C2C#N.C=COC1CCOC1=O. The number of ketones is 1. The lowest BCUT2D eigenvalue weighted by molar-refractivity contribution is -0.162. The minimum Gasteiger partial charge on any atom is -0.495 e. The lowest BCUT2D eigenvalue weighted by Gasteiger charge is -2.54. The van der Waals surface area contributed by atoms with Gasteiger partial charge in [0.1, 0.15) is 53.6 Å². The topological polar surface area (TPSA) is 237 Å². The van der Waals surface area contributed by atoms with E-state index in [-0.39, 0.29) is 137 Å². The molecule has 0 aromatic carbocycles. The Morgan fingerprint density at radius 3 is 1.76 bits per heavy atom. The first-order valence-electron chi connectivity index (χ1n) is 28.4. The van der Waals surface area contributed by atoms with Gasteiger partial charge in [-0.15, -0.1) is 0 Å². The molecule has 426 valence electrons. The molecule has 14 bridgehead atoms. The van der Waals surface area contributed by atoms with Gasteiger partial charge in [0.25, 0.3) is 0 Å². The van der Waals surface area contributed by atoms with Crippen molar-refractivity contribution in [1.82, 2.24) is 0 Å². The quantitative estimate of drug-likeness (QED) is 0.109. The van der Waals surface area contributed by atoms with Crippen LogP contribution in [0.2, 0.25) is 0 Å². The molecule has 19 heteroatoms. The number of nitrogens with zero attached hydrogens (tertiary/aromatic N) is 1. The van der Waals surface area contributed by atoms with Crippen molar-refractivity contribution in [3.05, 3.63) is 77.0 Å². The van der Waals surface area contributed by atoms with E-state index >= 15 is 0 Å². The smallest absolute Gasteiger partial charge is 0.347 e. The van der Waals surface area contributed by atoms with E-state index in [4.69, 9.17) is 57.4 Å². The molecular weight excluding hydrogens is 1020 g/mol. The number of ether oxygens (including phenoxy) is 12. The lowest BCUT2D eigenvalue weighted by Crippen LogP contribution is -2.55. The summed E-state index contributed by atoms with van der Waals surface area (Å²) >= 11 is 0. The van der Waals surface area contributed by atoms with Gasteiger partial charge in [0.2, 0.25) is 0 Å². The Balaban J connectivity index is 0.000000101. The van der Waals surface area contributed by atoms with E-state index in [9.17, 15) is 28.8 Å². The highest BCUT2D eigenvalue weighted by Gasteiger charge is 2.68. The van der Waals surface area contributed by atoms with Crippen LogP contribution < -0.4 is 0 Å². The van der Waals surface area contributed by atoms with Crippen molar-refractivity contribution in [3.8, 4) is 6.07 Å². The van der Waals surface area contributed by atoms with Crippen molar-refractivity contribution in [2.45, 2.75) is 169 Å². The van der Waals surface area contributed by atoms with Crippen LogP contribution in [-0.4, -0.2) is 114 Å². The van der Waals surface area contributed by atoms with Crippen LogP contribution in [0, 0.1) is 88.3 Å². The van der Waals surface area contributed by atoms with Crippen molar-refractivity contribution in [2.24, 2.45) is 76.9 Å². The molecule has 8 saturated heterocycles. The molecule has 0 spiro atoms. The summed E-state index contributed by atoms with van der Waals surface area (Å²) in [7, 11) is 0. The fourth-order valence-electron chi connectivity index (χ4n) is 17.6. The first kappa shape index (κ1) is 54.7. The molecule has 18 rings (SSSR count). The summed E-state index contributed by atoms with van der Waals surface area (Å²) in [6, 6.07) is 2.23. The second kappa shape index (κ2) is 22.0. The van der Waals surface area contributed by atoms with Crippen LogP contribution in [-0.2, 0) is 85.6 Å². The van der Waals surface area contributed by atoms with Gasteiger partial charge in [-0.2, -0.15) is 5.26 Å².